The number of hydrogen-bond donors (Lipinski definition) is 3. The van der Waals surface area contributed by atoms with Crippen molar-refractivity contribution in [1.29, 1.82) is 0 Å². The van der Waals surface area contributed by atoms with Gasteiger partial charge in [0.05, 0.1) is 12.5 Å². The number of nitrogens with one attached hydrogen (secondary N) is 3. The summed E-state index contributed by atoms with van der Waals surface area (Å²) in [6, 6.07) is 5.88. The van der Waals surface area contributed by atoms with Gasteiger partial charge in [0.2, 0.25) is 15.9 Å². The smallest absolute Gasteiger partial charge is 0.246 e. The first-order valence-electron chi connectivity index (χ1n) is 6.83. The highest BCUT2D eigenvalue weighted by atomic mass is 35.5. The van der Waals surface area contributed by atoms with Crippen molar-refractivity contribution in [2.45, 2.75) is 6.04 Å². The summed E-state index contributed by atoms with van der Waals surface area (Å²) >= 11 is 0. The maximum absolute atomic E-state index is 12.3. The number of benzene rings is 1. The number of likely N-dealkylation sites (N-methyl/N-ethyl adjacent to an activating group) is 1. The molecule has 10 heteroatoms. The Hall–Kier alpha value is -2.10. The van der Waals surface area contributed by atoms with Crippen LogP contribution in [-0.2, 0) is 21.9 Å². The van der Waals surface area contributed by atoms with Crippen molar-refractivity contribution < 1.29 is 13.2 Å². The molecule has 1 heterocycles. The minimum absolute atomic E-state index is 0. The Morgan fingerprint density at radius 2 is 1.79 bits per heavy atom. The summed E-state index contributed by atoms with van der Waals surface area (Å²) in [6.45, 7) is 0. The highest BCUT2D eigenvalue weighted by Gasteiger charge is 2.20. The van der Waals surface area contributed by atoms with Crippen molar-refractivity contribution in [2.24, 2.45) is 7.05 Å². The standard InChI is InChI=1S/C14H19N5O3S.ClH/c1-15-13(10-8-16-19(2)9-10)14(20)17-11-4-6-12(7-5-11)18-23(3,21)22;/h4-9,13,15,18H,1-3H3,(H,17,20);1H. The van der Waals surface area contributed by atoms with Crippen molar-refractivity contribution in [3.05, 3.63) is 42.2 Å². The molecule has 1 amide bonds. The summed E-state index contributed by atoms with van der Waals surface area (Å²) in [5.74, 6) is -0.232. The molecule has 1 aromatic heterocycles. The quantitative estimate of drug-likeness (QED) is 0.703. The minimum Gasteiger partial charge on any atom is -0.324 e. The largest absolute Gasteiger partial charge is 0.324 e. The first kappa shape index (κ1) is 19.9. The fourth-order valence-electron chi connectivity index (χ4n) is 2.09. The fourth-order valence-corrected chi connectivity index (χ4v) is 2.65. The summed E-state index contributed by atoms with van der Waals surface area (Å²) in [6.07, 6.45) is 4.47. The van der Waals surface area contributed by atoms with E-state index in [2.05, 4.69) is 20.5 Å². The van der Waals surface area contributed by atoms with Gasteiger partial charge in [-0.15, -0.1) is 12.4 Å². The molecule has 8 nitrogen and oxygen atoms in total. The van der Waals surface area contributed by atoms with Gasteiger partial charge in [-0.1, -0.05) is 0 Å². The molecule has 0 aliphatic heterocycles. The molecule has 0 saturated carbocycles. The zero-order valence-electron chi connectivity index (χ0n) is 13.5. The lowest BCUT2D eigenvalue weighted by Gasteiger charge is -2.15. The van der Waals surface area contributed by atoms with Gasteiger partial charge in [0.25, 0.3) is 0 Å². The number of hydrogen-bond acceptors (Lipinski definition) is 5. The van der Waals surface area contributed by atoms with Crippen molar-refractivity contribution in [3.8, 4) is 0 Å². The maximum atomic E-state index is 12.3. The lowest BCUT2D eigenvalue weighted by molar-refractivity contribution is -0.118. The Bertz CT molecular complexity index is 789. The molecule has 132 valence electrons. The highest BCUT2D eigenvalue weighted by molar-refractivity contribution is 7.92. The SMILES string of the molecule is CNC(C(=O)Nc1ccc(NS(C)(=O)=O)cc1)c1cnn(C)c1.Cl. The van der Waals surface area contributed by atoms with Gasteiger partial charge < -0.3 is 10.6 Å². The monoisotopic (exact) mass is 373 g/mol. The lowest BCUT2D eigenvalue weighted by Crippen LogP contribution is -2.30. The topological polar surface area (TPSA) is 105 Å². The van der Waals surface area contributed by atoms with Crippen molar-refractivity contribution in [3.63, 3.8) is 0 Å². The minimum atomic E-state index is -3.32. The van der Waals surface area contributed by atoms with E-state index < -0.39 is 16.1 Å². The van der Waals surface area contributed by atoms with E-state index in [-0.39, 0.29) is 18.3 Å². The molecule has 2 aromatic rings. The molecule has 0 aliphatic rings. The van der Waals surface area contributed by atoms with Crippen LogP contribution < -0.4 is 15.4 Å². The summed E-state index contributed by atoms with van der Waals surface area (Å²) in [7, 11) is 0.149. The van der Waals surface area contributed by atoms with Crippen LogP contribution in [0.2, 0.25) is 0 Å². The predicted octanol–water partition coefficient (Wildman–Crippen LogP) is 1.11. The second kappa shape index (κ2) is 8.13. The zero-order chi connectivity index (χ0) is 17.0. The number of carbonyl (C=O) groups excluding carboxylic acids is 1. The second-order valence-electron chi connectivity index (χ2n) is 5.11. The Labute approximate surface area is 147 Å². The van der Waals surface area contributed by atoms with Gasteiger partial charge >= 0.3 is 0 Å². The Morgan fingerprint density at radius 3 is 2.25 bits per heavy atom. The third-order valence-corrected chi connectivity index (χ3v) is 3.67. The van der Waals surface area contributed by atoms with E-state index in [4.69, 9.17) is 0 Å². The number of nitrogens with zero attached hydrogens (tertiary/aromatic N) is 2. The van der Waals surface area contributed by atoms with E-state index in [9.17, 15) is 13.2 Å². The van der Waals surface area contributed by atoms with Gasteiger partial charge in [-0.3, -0.25) is 14.2 Å². The molecule has 0 aliphatic carbocycles. The molecular formula is C14H20ClN5O3S. The van der Waals surface area contributed by atoms with Gasteiger partial charge in [-0.2, -0.15) is 5.10 Å². The van der Waals surface area contributed by atoms with Crippen LogP contribution in [0.5, 0.6) is 0 Å². The summed E-state index contributed by atoms with van der Waals surface area (Å²) in [5.41, 5.74) is 1.75. The average molecular weight is 374 g/mol. The number of sulfonamides is 1. The number of anilines is 2. The summed E-state index contributed by atoms with van der Waals surface area (Å²) in [4.78, 5) is 12.3. The number of aromatic nitrogens is 2. The first-order chi connectivity index (χ1) is 10.8. The Balaban J connectivity index is 0.00000288. The van der Waals surface area contributed by atoms with E-state index in [1.54, 1.807) is 55.4 Å². The van der Waals surface area contributed by atoms with Gasteiger partial charge in [0, 0.05) is 30.2 Å². The van der Waals surface area contributed by atoms with E-state index >= 15 is 0 Å². The zero-order valence-corrected chi connectivity index (χ0v) is 15.1. The van der Waals surface area contributed by atoms with Crippen LogP contribution in [0.1, 0.15) is 11.6 Å². The van der Waals surface area contributed by atoms with Crippen LogP contribution >= 0.6 is 12.4 Å². The Morgan fingerprint density at radius 1 is 1.21 bits per heavy atom. The van der Waals surface area contributed by atoms with Crippen molar-refractivity contribution >= 4 is 39.7 Å². The van der Waals surface area contributed by atoms with Gasteiger partial charge in [0.1, 0.15) is 6.04 Å². The number of amides is 1. The maximum Gasteiger partial charge on any atom is 0.246 e. The van der Waals surface area contributed by atoms with E-state index in [0.717, 1.165) is 11.8 Å². The lowest BCUT2D eigenvalue weighted by atomic mass is 10.1. The molecule has 1 atom stereocenters. The third kappa shape index (κ3) is 5.52. The molecule has 1 aromatic carbocycles. The fraction of sp³-hybridized carbons (Fsp3) is 0.286. The van der Waals surface area contributed by atoms with Crippen LogP contribution in [0.3, 0.4) is 0 Å². The molecule has 0 spiro atoms. The molecular weight excluding hydrogens is 354 g/mol. The van der Waals surface area contributed by atoms with Crippen molar-refractivity contribution in [1.82, 2.24) is 15.1 Å². The van der Waals surface area contributed by atoms with Crippen LogP contribution in [0.4, 0.5) is 11.4 Å². The normalized spacial score (nSPS) is 12.1. The summed E-state index contributed by atoms with van der Waals surface area (Å²) in [5, 5.41) is 9.76. The molecule has 2 rings (SSSR count). The molecule has 24 heavy (non-hydrogen) atoms. The number of carbonyl (C=O) groups is 1. The van der Waals surface area contributed by atoms with Gasteiger partial charge in [-0.05, 0) is 31.3 Å². The first-order valence-corrected chi connectivity index (χ1v) is 8.72. The number of rotatable bonds is 6. The average Bonchev–Trinajstić information content (AvgIpc) is 2.86. The van der Waals surface area contributed by atoms with Crippen LogP contribution in [-0.4, -0.2) is 37.4 Å². The molecule has 0 bridgehead atoms. The molecule has 0 fully saturated rings. The van der Waals surface area contributed by atoms with E-state index in [1.165, 1.54) is 0 Å². The van der Waals surface area contributed by atoms with Gasteiger partial charge in [-0.25, -0.2) is 8.42 Å². The molecule has 0 saturated heterocycles. The molecule has 1 unspecified atom stereocenters. The molecule has 0 radical (unpaired) electrons. The second-order valence-corrected chi connectivity index (χ2v) is 6.86. The van der Waals surface area contributed by atoms with Crippen LogP contribution in [0, 0.1) is 0 Å². The Kier molecular flexibility index (Phi) is 6.76. The highest BCUT2D eigenvalue weighted by Crippen LogP contribution is 2.18. The predicted molar refractivity (Wildman–Crippen MR) is 95.8 cm³/mol. The van der Waals surface area contributed by atoms with Crippen LogP contribution in [0.25, 0.3) is 0 Å². The molecule has 3 N–H and O–H groups in total. The number of halogens is 1. The van der Waals surface area contributed by atoms with Crippen LogP contribution in [0.15, 0.2) is 36.7 Å². The third-order valence-electron chi connectivity index (χ3n) is 3.06. The summed E-state index contributed by atoms with van der Waals surface area (Å²) < 4.78 is 26.3. The van der Waals surface area contributed by atoms with Gasteiger partial charge in [0.15, 0.2) is 0 Å². The number of aryl methyl sites for hydroxylation is 1. The van der Waals surface area contributed by atoms with E-state index in [0.29, 0.717) is 11.4 Å². The van der Waals surface area contributed by atoms with E-state index in [1.807, 2.05) is 0 Å². The van der Waals surface area contributed by atoms with Crippen molar-refractivity contribution in [2.75, 3.05) is 23.3 Å².